The number of hydrogen-bond donors (Lipinski definition) is 0. The molecule has 3 aliphatic heterocycles. The highest BCUT2D eigenvalue weighted by Crippen LogP contribution is 2.33. The normalized spacial score (nSPS) is 20.7. The number of benzene rings is 1. The molecule has 0 bridgehead atoms. The van der Waals surface area contributed by atoms with E-state index < -0.39 is 0 Å². The van der Waals surface area contributed by atoms with Gasteiger partial charge < -0.3 is 23.5 Å². The van der Waals surface area contributed by atoms with E-state index in [0.29, 0.717) is 32.5 Å². The van der Waals surface area contributed by atoms with Crippen LogP contribution in [0.15, 0.2) is 22.6 Å². The molecule has 0 spiro atoms. The van der Waals surface area contributed by atoms with Gasteiger partial charge in [0, 0.05) is 26.0 Å². The Kier molecular flexibility index (Phi) is 4.24. The number of fused-ring (bicyclic) bond motifs is 2. The second-order valence-corrected chi connectivity index (χ2v) is 7.24. The Morgan fingerprint density at radius 2 is 2.19 bits per heavy atom. The van der Waals surface area contributed by atoms with Gasteiger partial charge in [0.15, 0.2) is 17.4 Å². The first-order valence-corrected chi connectivity index (χ1v) is 9.49. The van der Waals surface area contributed by atoms with E-state index in [-0.39, 0.29) is 18.6 Å². The number of amides is 1. The van der Waals surface area contributed by atoms with E-state index in [0.717, 1.165) is 53.9 Å². The van der Waals surface area contributed by atoms with Crippen molar-refractivity contribution >= 4 is 5.91 Å². The molecule has 142 valence electrons. The van der Waals surface area contributed by atoms with E-state index in [9.17, 15) is 4.79 Å². The summed E-state index contributed by atoms with van der Waals surface area (Å²) in [6, 6.07) is 5.85. The van der Waals surface area contributed by atoms with Gasteiger partial charge in [-0.3, -0.25) is 4.79 Å². The average Bonchev–Trinajstić information content (AvgIpc) is 3.44. The SMILES string of the molecule is O=C(CCc1ccc2c(c1)OCO2)N1CCc2oc(C3CCOC3)nc2C1. The van der Waals surface area contributed by atoms with Crippen LogP contribution in [0.1, 0.15) is 41.7 Å². The summed E-state index contributed by atoms with van der Waals surface area (Å²) < 4.78 is 22.1. The van der Waals surface area contributed by atoms with E-state index in [1.165, 1.54) is 0 Å². The minimum Gasteiger partial charge on any atom is -0.454 e. The molecule has 5 rings (SSSR count). The van der Waals surface area contributed by atoms with Gasteiger partial charge in [-0.25, -0.2) is 4.98 Å². The smallest absolute Gasteiger partial charge is 0.231 e. The van der Waals surface area contributed by atoms with Crippen LogP contribution in [0.5, 0.6) is 11.5 Å². The summed E-state index contributed by atoms with van der Waals surface area (Å²) in [4.78, 5) is 19.2. The molecule has 1 amide bonds. The van der Waals surface area contributed by atoms with Gasteiger partial charge in [0.1, 0.15) is 11.5 Å². The van der Waals surface area contributed by atoms with E-state index in [1.807, 2.05) is 23.1 Å². The molecule has 27 heavy (non-hydrogen) atoms. The minimum atomic E-state index is 0.145. The van der Waals surface area contributed by atoms with Gasteiger partial charge in [-0.05, 0) is 30.5 Å². The molecule has 1 unspecified atom stereocenters. The van der Waals surface area contributed by atoms with Crippen molar-refractivity contribution in [3.05, 3.63) is 41.1 Å². The first-order chi connectivity index (χ1) is 13.3. The molecule has 1 aromatic carbocycles. The Hall–Kier alpha value is -2.54. The van der Waals surface area contributed by atoms with Crippen LogP contribution in [0.4, 0.5) is 0 Å². The van der Waals surface area contributed by atoms with E-state index in [4.69, 9.17) is 18.6 Å². The average molecular weight is 370 g/mol. The van der Waals surface area contributed by atoms with Crippen molar-refractivity contribution in [1.82, 2.24) is 9.88 Å². The fourth-order valence-electron chi connectivity index (χ4n) is 3.84. The molecular weight excluding hydrogens is 348 g/mol. The second kappa shape index (κ2) is 6.88. The summed E-state index contributed by atoms with van der Waals surface area (Å²) in [6.45, 7) is 2.93. The van der Waals surface area contributed by atoms with Crippen LogP contribution in [0, 0.1) is 0 Å². The van der Waals surface area contributed by atoms with Gasteiger partial charge in [0.2, 0.25) is 12.7 Å². The molecule has 0 N–H and O–H groups in total. The van der Waals surface area contributed by atoms with Crippen LogP contribution in [0.2, 0.25) is 0 Å². The van der Waals surface area contributed by atoms with Gasteiger partial charge in [0.05, 0.1) is 19.1 Å². The quantitative estimate of drug-likeness (QED) is 0.823. The van der Waals surface area contributed by atoms with Crippen LogP contribution in [-0.2, 0) is 28.9 Å². The Balaban J connectivity index is 1.20. The number of carbonyl (C=O) groups is 1. The Morgan fingerprint density at radius 1 is 1.26 bits per heavy atom. The predicted octanol–water partition coefficient (Wildman–Crippen LogP) is 2.42. The molecule has 1 aromatic heterocycles. The maximum atomic E-state index is 12.7. The molecule has 1 fully saturated rings. The van der Waals surface area contributed by atoms with Crippen molar-refractivity contribution in [3.8, 4) is 11.5 Å². The highest BCUT2D eigenvalue weighted by atomic mass is 16.7. The van der Waals surface area contributed by atoms with Crippen LogP contribution in [0.25, 0.3) is 0 Å². The summed E-state index contributed by atoms with van der Waals surface area (Å²) in [5.74, 6) is 3.62. The first-order valence-electron chi connectivity index (χ1n) is 9.49. The zero-order chi connectivity index (χ0) is 18.2. The molecule has 4 heterocycles. The van der Waals surface area contributed by atoms with Gasteiger partial charge in [0.25, 0.3) is 0 Å². The monoisotopic (exact) mass is 370 g/mol. The molecule has 0 aliphatic carbocycles. The van der Waals surface area contributed by atoms with E-state index >= 15 is 0 Å². The lowest BCUT2D eigenvalue weighted by atomic mass is 10.1. The maximum Gasteiger partial charge on any atom is 0.231 e. The standard InChI is InChI=1S/C20H22N2O5/c23-19(4-2-13-1-3-17-18(9-13)26-12-25-17)22-7-5-16-15(10-22)21-20(27-16)14-6-8-24-11-14/h1,3,9,14H,2,4-8,10-12H2. The Labute approximate surface area is 157 Å². The Bertz CT molecular complexity index is 856. The number of aromatic nitrogens is 1. The lowest BCUT2D eigenvalue weighted by Gasteiger charge is -2.25. The van der Waals surface area contributed by atoms with Crippen molar-refractivity contribution in [2.45, 2.75) is 38.1 Å². The number of aryl methyl sites for hydroxylation is 1. The maximum absolute atomic E-state index is 12.7. The lowest BCUT2D eigenvalue weighted by molar-refractivity contribution is -0.132. The second-order valence-electron chi connectivity index (χ2n) is 7.24. The van der Waals surface area contributed by atoms with E-state index in [2.05, 4.69) is 4.98 Å². The van der Waals surface area contributed by atoms with Gasteiger partial charge in [-0.2, -0.15) is 0 Å². The van der Waals surface area contributed by atoms with Crippen molar-refractivity contribution in [3.63, 3.8) is 0 Å². The Morgan fingerprint density at radius 3 is 3.07 bits per heavy atom. The van der Waals surface area contributed by atoms with Crippen LogP contribution < -0.4 is 9.47 Å². The highest BCUT2D eigenvalue weighted by Gasteiger charge is 2.29. The number of nitrogens with zero attached hydrogens (tertiary/aromatic N) is 2. The van der Waals surface area contributed by atoms with Gasteiger partial charge in [-0.15, -0.1) is 0 Å². The van der Waals surface area contributed by atoms with Crippen LogP contribution >= 0.6 is 0 Å². The van der Waals surface area contributed by atoms with Crippen molar-refractivity contribution in [2.75, 3.05) is 26.6 Å². The first kappa shape index (κ1) is 16.6. The predicted molar refractivity (Wildman–Crippen MR) is 94.7 cm³/mol. The third-order valence-corrected chi connectivity index (χ3v) is 5.44. The van der Waals surface area contributed by atoms with Crippen molar-refractivity contribution in [2.24, 2.45) is 0 Å². The zero-order valence-corrected chi connectivity index (χ0v) is 15.1. The minimum absolute atomic E-state index is 0.145. The summed E-state index contributed by atoms with van der Waals surface area (Å²) in [7, 11) is 0. The largest absolute Gasteiger partial charge is 0.454 e. The molecule has 7 heteroatoms. The number of oxazole rings is 1. The topological polar surface area (TPSA) is 74.0 Å². The number of carbonyl (C=O) groups excluding carboxylic acids is 1. The third-order valence-electron chi connectivity index (χ3n) is 5.44. The molecule has 1 saturated heterocycles. The highest BCUT2D eigenvalue weighted by molar-refractivity contribution is 5.76. The number of hydrogen-bond acceptors (Lipinski definition) is 6. The summed E-state index contributed by atoms with van der Waals surface area (Å²) in [5, 5.41) is 0. The van der Waals surface area contributed by atoms with Gasteiger partial charge >= 0.3 is 0 Å². The molecule has 0 radical (unpaired) electrons. The molecule has 7 nitrogen and oxygen atoms in total. The van der Waals surface area contributed by atoms with Crippen molar-refractivity contribution in [1.29, 1.82) is 0 Å². The molecule has 2 aromatic rings. The summed E-state index contributed by atoms with van der Waals surface area (Å²) in [6.07, 6.45) is 2.84. The fourth-order valence-corrected chi connectivity index (χ4v) is 3.84. The summed E-state index contributed by atoms with van der Waals surface area (Å²) >= 11 is 0. The third kappa shape index (κ3) is 3.27. The van der Waals surface area contributed by atoms with E-state index in [1.54, 1.807) is 0 Å². The number of ether oxygens (including phenoxy) is 3. The van der Waals surface area contributed by atoms with Crippen molar-refractivity contribution < 1.29 is 23.4 Å². The zero-order valence-electron chi connectivity index (χ0n) is 15.1. The van der Waals surface area contributed by atoms with Gasteiger partial charge in [-0.1, -0.05) is 6.07 Å². The van der Waals surface area contributed by atoms with Crippen LogP contribution in [0.3, 0.4) is 0 Å². The fraction of sp³-hybridized carbons (Fsp3) is 0.500. The number of rotatable bonds is 4. The van der Waals surface area contributed by atoms with Crippen LogP contribution in [-0.4, -0.2) is 42.3 Å². The molecular formula is C20H22N2O5. The molecule has 1 atom stereocenters. The molecule has 3 aliphatic rings. The summed E-state index contributed by atoms with van der Waals surface area (Å²) in [5.41, 5.74) is 1.98. The molecule has 0 saturated carbocycles. The lowest BCUT2D eigenvalue weighted by Crippen LogP contribution is -2.35.